The Bertz CT molecular complexity index is 2090. The van der Waals surface area contributed by atoms with Gasteiger partial charge in [-0.3, -0.25) is 14.3 Å². The number of amides is 2. The second-order valence-corrected chi connectivity index (χ2v) is 12.5. The molecule has 1 saturated heterocycles. The zero-order valence-corrected chi connectivity index (χ0v) is 28.9. The number of methoxy groups -OCH3 is 2. The molecule has 0 atom stereocenters. The summed E-state index contributed by atoms with van der Waals surface area (Å²) >= 11 is 0. The Morgan fingerprint density at radius 3 is 2.51 bits per heavy atom. The van der Waals surface area contributed by atoms with Crippen LogP contribution in [0.2, 0.25) is 0 Å². The van der Waals surface area contributed by atoms with Crippen molar-refractivity contribution in [2.75, 3.05) is 70.8 Å². The Labute approximate surface area is 294 Å². The number of aryl methyl sites for hydroxylation is 1. The van der Waals surface area contributed by atoms with Gasteiger partial charge in [-0.25, -0.2) is 9.37 Å². The summed E-state index contributed by atoms with van der Waals surface area (Å²) in [4.78, 5) is 40.5. The fourth-order valence-electron chi connectivity index (χ4n) is 6.82. The van der Waals surface area contributed by atoms with Gasteiger partial charge in [0.25, 0.3) is 5.91 Å². The number of rotatable bonds is 10. The Hall–Kier alpha value is -5.92. The minimum Gasteiger partial charge on any atom is -0.496 e. The minimum atomic E-state index is -0.473. The van der Waals surface area contributed by atoms with E-state index in [2.05, 4.69) is 30.5 Å². The van der Waals surface area contributed by atoms with Gasteiger partial charge in [-0.2, -0.15) is 0 Å². The lowest BCUT2D eigenvalue weighted by Crippen LogP contribution is -2.49. The van der Waals surface area contributed by atoms with E-state index in [0.717, 1.165) is 22.6 Å². The van der Waals surface area contributed by atoms with Gasteiger partial charge in [-0.1, -0.05) is 29.5 Å². The zero-order valence-electron chi connectivity index (χ0n) is 28.9. The van der Waals surface area contributed by atoms with Crippen LogP contribution in [0, 0.1) is 5.82 Å². The van der Waals surface area contributed by atoms with Gasteiger partial charge in [0.15, 0.2) is 17.4 Å². The molecule has 13 nitrogen and oxygen atoms in total. The molecule has 0 saturated carbocycles. The molecule has 5 aromatic rings. The van der Waals surface area contributed by atoms with Gasteiger partial charge in [-0.05, 0) is 35.8 Å². The number of halogens is 1. The second-order valence-electron chi connectivity index (χ2n) is 12.5. The Balaban J connectivity index is 1.18. The van der Waals surface area contributed by atoms with Gasteiger partial charge in [0.2, 0.25) is 5.91 Å². The number of hydrogen-bond acceptors (Lipinski definition) is 9. The molecule has 0 spiro atoms. The number of H-pyrrole nitrogens is 1. The number of carbonyl (C=O) groups excluding carboxylic acids is 2. The van der Waals surface area contributed by atoms with Crippen LogP contribution >= 0.6 is 0 Å². The van der Waals surface area contributed by atoms with E-state index in [9.17, 15) is 9.59 Å². The van der Waals surface area contributed by atoms with Crippen LogP contribution < -0.4 is 19.7 Å². The number of fused-ring (bicyclic) bond motifs is 1. The van der Waals surface area contributed by atoms with Gasteiger partial charge < -0.3 is 34.5 Å². The van der Waals surface area contributed by atoms with Crippen molar-refractivity contribution in [3.8, 4) is 22.6 Å². The van der Waals surface area contributed by atoms with Gasteiger partial charge >= 0.3 is 0 Å². The van der Waals surface area contributed by atoms with Crippen molar-refractivity contribution in [3.05, 3.63) is 84.2 Å². The largest absolute Gasteiger partial charge is 0.496 e. The van der Waals surface area contributed by atoms with Crippen LogP contribution in [-0.4, -0.2) is 107 Å². The molecule has 0 bridgehead atoms. The van der Waals surface area contributed by atoms with Crippen molar-refractivity contribution < 1.29 is 23.5 Å². The summed E-state index contributed by atoms with van der Waals surface area (Å²) in [6.07, 6.45) is 7.88. The Morgan fingerprint density at radius 2 is 1.76 bits per heavy atom. The fourth-order valence-corrected chi connectivity index (χ4v) is 6.82. The predicted octanol–water partition coefficient (Wildman–Crippen LogP) is 4.69. The summed E-state index contributed by atoms with van der Waals surface area (Å²) < 4.78 is 29.6. The molecule has 2 aliphatic heterocycles. The summed E-state index contributed by atoms with van der Waals surface area (Å²) in [6, 6.07) is 13.0. The lowest BCUT2D eigenvalue weighted by Gasteiger charge is -2.35. The van der Waals surface area contributed by atoms with Crippen LogP contribution in [0.4, 0.5) is 15.9 Å². The van der Waals surface area contributed by atoms with Crippen molar-refractivity contribution in [2.24, 2.45) is 0 Å². The number of carbonyl (C=O) groups is 2. The standard InChI is InChI=1S/C37H40FN9O4/c1-39-25-19-32(51-3)36(40-22-25)44-15-17-45(18-16-44)37(49)30-21-29-28(26-8-4-5-9-31(26)50-2)20-27(34(38)35(29)42-30)24-7-6-12-46(23-24)33(48)10-13-47-14-11-41-43-47/h4-5,7-9,11,14,19-22,39,42H,6,10,12-13,15-18,23H2,1-3H3. The Morgan fingerprint density at radius 1 is 0.961 bits per heavy atom. The van der Waals surface area contributed by atoms with E-state index in [1.165, 1.54) is 0 Å². The van der Waals surface area contributed by atoms with Gasteiger partial charge in [0.05, 0.1) is 44.4 Å². The molecule has 2 N–H and O–H groups in total. The molecule has 3 aromatic heterocycles. The third-order valence-electron chi connectivity index (χ3n) is 9.56. The van der Waals surface area contributed by atoms with Crippen molar-refractivity contribution in [2.45, 2.75) is 19.4 Å². The lowest BCUT2D eigenvalue weighted by molar-refractivity contribution is -0.131. The van der Waals surface area contributed by atoms with Gasteiger partial charge in [-0.15, -0.1) is 5.10 Å². The topological polar surface area (TPSA) is 134 Å². The highest BCUT2D eigenvalue weighted by atomic mass is 19.1. The van der Waals surface area contributed by atoms with E-state index in [0.29, 0.717) is 79.4 Å². The number of benzene rings is 2. The van der Waals surface area contributed by atoms with Crippen molar-refractivity contribution in [3.63, 3.8) is 0 Å². The van der Waals surface area contributed by atoms with Crippen LogP contribution in [0.5, 0.6) is 11.5 Å². The highest BCUT2D eigenvalue weighted by Crippen LogP contribution is 2.40. The monoisotopic (exact) mass is 693 g/mol. The molecular formula is C37H40FN9O4. The molecule has 5 heterocycles. The number of hydrogen-bond donors (Lipinski definition) is 2. The fraction of sp³-hybridized carbons (Fsp3) is 0.324. The number of anilines is 2. The van der Waals surface area contributed by atoms with Crippen LogP contribution in [0.15, 0.2) is 67.1 Å². The summed E-state index contributed by atoms with van der Waals surface area (Å²) in [6.45, 7) is 3.24. The van der Waals surface area contributed by atoms with Gasteiger partial charge in [0.1, 0.15) is 11.4 Å². The minimum absolute atomic E-state index is 0.0420. The summed E-state index contributed by atoms with van der Waals surface area (Å²) in [5.74, 6) is 1.26. The van der Waals surface area contributed by atoms with Crippen molar-refractivity contribution in [1.29, 1.82) is 0 Å². The molecule has 2 amide bonds. The maximum absolute atomic E-state index is 16.7. The van der Waals surface area contributed by atoms with Crippen LogP contribution in [0.1, 0.15) is 28.9 Å². The molecule has 14 heteroatoms. The first kappa shape index (κ1) is 33.6. The molecule has 51 heavy (non-hydrogen) atoms. The average Bonchev–Trinajstić information content (AvgIpc) is 3.88. The normalized spacial score (nSPS) is 14.8. The SMILES string of the molecule is CNc1cnc(N2CCN(C(=O)c3cc4c(-c5ccccc5OC)cc(C5=CCCN(C(=O)CCn6ccnn6)C5)c(F)c4[nH]3)CC2)c(OC)c1. The molecular weight excluding hydrogens is 653 g/mol. The quantitative estimate of drug-likeness (QED) is 0.214. The molecule has 7 rings (SSSR count). The third kappa shape index (κ3) is 6.68. The number of piperazine rings is 1. The first-order chi connectivity index (χ1) is 24.9. The maximum Gasteiger partial charge on any atom is 0.270 e. The van der Waals surface area contributed by atoms with E-state index in [1.807, 2.05) is 49.5 Å². The number of aromatic amines is 1. The smallest absolute Gasteiger partial charge is 0.270 e. The molecule has 264 valence electrons. The van der Waals surface area contributed by atoms with Crippen molar-refractivity contribution >= 4 is 39.8 Å². The molecule has 0 radical (unpaired) electrons. The van der Waals surface area contributed by atoms with Gasteiger partial charge in [0, 0.05) is 81.5 Å². The first-order valence-corrected chi connectivity index (χ1v) is 16.9. The number of nitrogens with zero attached hydrogens (tertiary/aromatic N) is 7. The number of para-hydroxylation sites is 1. The van der Waals surface area contributed by atoms with E-state index in [4.69, 9.17) is 9.47 Å². The number of nitrogens with one attached hydrogen (secondary N) is 2. The highest BCUT2D eigenvalue weighted by molar-refractivity contribution is 6.05. The maximum atomic E-state index is 16.7. The summed E-state index contributed by atoms with van der Waals surface area (Å²) in [5.41, 5.74) is 3.93. The summed E-state index contributed by atoms with van der Waals surface area (Å²) in [7, 11) is 5.03. The highest BCUT2D eigenvalue weighted by Gasteiger charge is 2.29. The molecule has 0 unspecified atom stereocenters. The Kier molecular flexibility index (Phi) is 9.55. The average molecular weight is 694 g/mol. The summed E-state index contributed by atoms with van der Waals surface area (Å²) in [5, 5.41) is 11.4. The van der Waals surface area contributed by atoms with E-state index < -0.39 is 5.82 Å². The van der Waals surface area contributed by atoms with E-state index in [1.54, 1.807) is 53.4 Å². The van der Waals surface area contributed by atoms with E-state index >= 15 is 4.39 Å². The second kappa shape index (κ2) is 14.5. The third-order valence-corrected chi connectivity index (χ3v) is 9.56. The number of aromatic nitrogens is 5. The molecule has 2 aliphatic rings. The first-order valence-electron chi connectivity index (χ1n) is 16.9. The number of ether oxygens (including phenoxy) is 2. The zero-order chi connectivity index (χ0) is 35.5. The predicted molar refractivity (Wildman–Crippen MR) is 193 cm³/mol. The van der Waals surface area contributed by atoms with Crippen LogP contribution in [-0.2, 0) is 11.3 Å². The lowest BCUT2D eigenvalue weighted by atomic mass is 9.93. The number of pyridine rings is 1. The van der Waals surface area contributed by atoms with Crippen LogP contribution in [0.25, 0.3) is 27.6 Å². The molecule has 0 aliphatic carbocycles. The van der Waals surface area contributed by atoms with Crippen LogP contribution in [0.3, 0.4) is 0 Å². The van der Waals surface area contributed by atoms with E-state index in [-0.39, 0.29) is 30.3 Å². The molecule has 2 aromatic carbocycles. The van der Waals surface area contributed by atoms with Crippen molar-refractivity contribution in [1.82, 2.24) is 34.8 Å². The molecule has 1 fully saturated rings.